The molecule has 2 heterocycles. The molecule has 1 unspecified atom stereocenters. The van der Waals surface area contributed by atoms with Crippen molar-refractivity contribution in [2.75, 3.05) is 7.11 Å². The summed E-state index contributed by atoms with van der Waals surface area (Å²) in [4.78, 5) is 12.6. The van der Waals surface area contributed by atoms with Crippen LogP contribution in [0.4, 0.5) is 4.39 Å². The number of sulfone groups is 1. The molecule has 1 atom stereocenters. The lowest BCUT2D eigenvalue weighted by Gasteiger charge is -2.18. The van der Waals surface area contributed by atoms with Crippen LogP contribution in [0, 0.1) is 12.7 Å². The predicted molar refractivity (Wildman–Crippen MR) is 121 cm³/mol. The minimum Gasteiger partial charge on any atom is -0.468 e. The van der Waals surface area contributed by atoms with E-state index >= 15 is 0 Å². The summed E-state index contributed by atoms with van der Waals surface area (Å²) in [5.74, 6) is -1.03. The molecule has 0 aliphatic carbocycles. The number of nitrogens with zero attached hydrogens (tertiary/aromatic N) is 2. The molecule has 0 saturated heterocycles. The molecule has 0 N–H and O–H groups in total. The first kappa shape index (κ1) is 22.4. The second kappa shape index (κ2) is 8.65. The van der Waals surface area contributed by atoms with Crippen molar-refractivity contribution in [2.24, 2.45) is 0 Å². The molecule has 0 saturated carbocycles. The number of esters is 1. The van der Waals surface area contributed by atoms with Crippen molar-refractivity contribution >= 4 is 49.8 Å². The van der Waals surface area contributed by atoms with Gasteiger partial charge in [0.2, 0.25) is 0 Å². The fraction of sp³-hybridized carbons (Fsp3) is 0.182. The highest BCUT2D eigenvalue weighted by Crippen LogP contribution is 2.43. The number of carbonyl (C=O) groups is 1. The van der Waals surface area contributed by atoms with Crippen LogP contribution in [0.5, 0.6) is 0 Å². The fourth-order valence-electron chi connectivity index (χ4n) is 3.80. The van der Waals surface area contributed by atoms with Gasteiger partial charge >= 0.3 is 5.97 Å². The van der Waals surface area contributed by atoms with Crippen molar-refractivity contribution in [3.05, 3.63) is 81.7 Å². The van der Waals surface area contributed by atoms with Gasteiger partial charge in [-0.3, -0.25) is 4.79 Å². The van der Waals surface area contributed by atoms with E-state index in [2.05, 4.69) is 4.37 Å². The van der Waals surface area contributed by atoms with Gasteiger partial charge in [0.15, 0.2) is 9.84 Å². The van der Waals surface area contributed by atoms with Crippen molar-refractivity contribution < 1.29 is 22.3 Å². The second-order valence-corrected chi connectivity index (χ2v) is 10.4. The van der Waals surface area contributed by atoms with Crippen molar-refractivity contribution in [1.82, 2.24) is 8.94 Å². The van der Waals surface area contributed by atoms with E-state index < -0.39 is 26.9 Å². The minimum atomic E-state index is -3.98. The second-order valence-electron chi connectivity index (χ2n) is 7.11. The van der Waals surface area contributed by atoms with Crippen LogP contribution in [0.3, 0.4) is 0 Å². The lowest BCUT2D eigenvalue weighted by atomic mass is 10.1. The maximum atomic E-state index is 14.3. The Morgan fingerprint density at radius 3 is 2.56 bits per heavy atom. The molecule has 166 valence electrons. The molecule has 4 rings (SSSR count). The lowest BCUT2D eigenvalue weighted by molar-refractivity contribution is -0.141. The number of rotatable bonds is 6. The molecule has 6 nitrogen and oxygen atoms in total. The van der Waals surface area contributed by atoms with Crippen LogP contribution in [-0.2, 0) is 25.9 Å². The van der Waals surface area contributed by atoms with E-state index in [1.165, 1.54) is 43.5 Å². The summed E-state index contributed by atoms with van der Waals surface area (Å²) in [5.41, 5.74) is 1.39. The quantitative estimate of drug-likeness (QED) is 0.356. The average molecular weight is 493 g/mol. The fourth-order valence-corrected chi connectivity index (χ4v) is 7.00. The monoisotopic (exact) mass is 492 g/mol. The molecule has 4 aromatic rings. The van der Waals surface area contributed by atoms with Gasteiger partial charge in [-0.1, -0.05) is 29.8 Å². The lowest BCUT2D eigenvalue weighted by Crippen LogP contribution is -2.17. The highest BCUT2D eigenvalue weighted by Gasteiger charge is 2.37. The Balaban J connectivity index is 2.06. The molecule has 0 amide bonds. The molecule has 0 fully saturated rings. The first-order chi connectivity index (χ1) is 15.2. The molecule has 32 heavy (non-hydrogen) atoms. The van der Waals surface area contributed by atoms with E-state index in [4.69, 9.17) is 16.3 Å². The molecular weight excluding hydrogens is 475 g/mol. The average Bonchev–Trinajstić information content (AvgIpc) is 3.31. The van der Waals surface area contributed by atoms with Gasteiger partial charge in [0, 0.05) is 27.0 Å². The molecular formula is C22H18ClFN2O4S2. The molecule has 10 heteroatoms. The topological polar surface area (TPSA) is 78.3 Å². The first-order valence-electron chi connectivity index (χ1n) is 9.50. The van der Waals surface area contributed by atoms with Crippen LogP contribution in [-0.4, -0.2) is 30.4 Å². The summed E-state index contributed by atoms with van der Waals surface area (Å²) < 4.78 is 52.5. The van der Waals surface area contributed by atoms with E-state index in [1.807, 2.05) is 0 Å². The van der Waals surface area contributed by atoms with Gasteiger partial charge in [0.1, 0.15) is 22.8 Å². The number of fused-ring (bicyclic) bond motifs is 1. The van der Waals surface area contributed by atoms with Gasteiger partial charge in [-0.2, -0.15) is 4.37 Å². The van der Waals surface area contributed by atoms with Gasteiger partial charge in [-0.25, -0.2) is 12.8 Å². The third kappa shape index (κ3) is 3.92. The normalized spacial score (nSPS) is 12.8. The molecule has 0 bridgehead atoms. The van der Waals surface area contributed by atoms with Gasteiger partial charge in [-0.05, 0) is 54.9 Å². The summed E-state index contributed by atoms with van der Waals surface area (Å²) >= 11 is 7.01. The molecule has 2 aromatic heterocycles. The predicted octanol–water partition coefficient (Wildman–Crippen LogP) is 4.94. The Morgan fingerprint density at radius 2 is 1.94 bits per heavy atom. The summed E-state index contributed by atoms with van der Waals surface area (Å²) in [6.07, 6.45) is 0. The van der Waals surface area contributed by atoms with Crippen molar-refractivity contribution in [3.8, 4) is 0 Å². The Hall–Kier alpha value is -2.75. The maximum absolute atomic E-state index is 14.3. The van der Waals surface area contributed by atoms with Crippen LogP contribution < -0.4 is 0 Å². The molecule has 0 aliphatic rings. The van der Waals surface area contributed by atoms with E-state index in [-0.39, 0.29) is 16.6 Å². The summed E-state index contributed by atoms with van der Waals surface area (Å²) in [7, 11) is -2.71. The van der Waals surface area contributed by atoms with Crippen LogP contribution in [0.2, 0.25) is 5.15 Å². The highest BCUT2D eigenvalue weighted by molar-refractivity contribution is 7.92. The molecule has 0 spiro atoms. The zero-order valence-corrected chi connectivity index (χ0v) is 19.5. The number of benzene rings is 2. The molecule has 2 aromatic carbocycles. The first-order valence-corrected chi connectivity index (χ1v) is 12.2. The van der Waals surface area contributed by atoms with Crippen LogP contribution >= 0.6 is 23.1 Å². The summed E-state index contributed by atoms with van der Waals surface area (Å²) in [5, 5.41) is -0.640. The third-order valence-corrected chi connectivity index (χ3v) is 8.59. The SMILES string of the molecule is COC(=O)Cn1c(C)c(C(c2cc(Cl)ns2)S(=O)(=O)c2ccccc2)c2cc(F)ccc21. The molecule has 0 radical (unpaired) electrons. The number of halogens is 2. The smallest absolute Gasteiger partial charge is 0.325 e. The Morgan fingerprint density at radius 1 is 1.22 bits per heavy atom. The number of hydrogen-bond acceptors (Lipinski definition) is 6. The van der Waals surface area contributed by atoms with Crippen molar-refractivity contribution in [2.45, 2.75) is 23.6 Å². The Bertz CT molecular complexity index is 1410. The van der Waals surface area contributed by atoms with Crippen LogP contribution in [0.25, 0.3) is 10.9 Å². The van der Waals surface area contributed by atoms with E-state index in [9.17, 15) is 17.6 Å². The van der Waals surface area contributed by atoms with E-state index in [0.29, 0.717) is 27.0 Å². The van der Waals surface area contributed by atoms with Gasteiger partial charge in [-0.15, -0.1) is 0 Å². The summed E-state index contributed by atoms with van der Waals surface area (Å²) in [6, 6.07) is 13.6. The minimum absolute atomic E-state index is 0.110. The van der Waals surface area contributed by atoms with Crippen LogP contribution in [0.1, 0.15) is 21.4 Å². The number of hydrogen-bond donors (Lipinski definition) is 0. The molecule has 0 aliphatic heterocycles. The van der Waals surface area contributed by atoms with Gasteiger partial charge < -0.3 is 9.30 Å². The van der Waals surface area contributed by atoms with Gasteiger partial charge in [0.05, 0.1) is 12.0 Å². The van der Waals surface area contributed by atoms with Crippen molar-refractivity contribution in [3.63, 3.8) is 0 Å². The number of aromatic nitrogens is 2. The standard InChI is InChI=1S/C22H18ClFN2O4S2/c1-13-21(16-10-14(24)8-9-17(16)26(13)12-20(27)30-2)22(18-11-19(23)25-31-18)32(28,29)15-6-4-3-5-7-15/h3-11,22H,12H2,1-2H3. The Kier molecular flexibility index (Phi) is 6.07. The summed E-state index contributed by atoms with van der Waals surface area (Å²) in [6.45, 7) is 1.55. The van der Waals surface area contributed by atoms with E-state index in [1.54, 1.807) is 29.7 Å². The van der Waals surface area contributed by atoms with E-state index in [0.717, 1.165) is 11.5 Å². The largest absolute Gasteiger partial charge is 0.468 e. The van der Waals surface area contributed by atoms with Crippen molar-refractivity contribution in [1.29, 1.82) is 0 Å². The number of ether oxygens (including phenoxy) is 1. The number of methoxy groups -OCH3 is 1. The zero-order chi connectivity index (χ0) is 23.0. The van der Waals surface area contributed by atoms with Crippen LogP contribution in [0.15, 0.2) is 59.5 Å². The third-order valence-electron chi connectivity index (χ3n) is 5.25. The maximum Gasteiger partial charge on any atom is 0.325 e. The zero-order valence-electron chi connectivity index (χ0n) is 17.1. The number of carbonyl (C=O) groups excluding carboxylic acids is 1. The van der Waals surface area contributed by atoms with Gasteiger partial charge in [0.25, 0.3) is 0 Å². The Labute approximate surface area is 193 Å². The highest BCUT2D eigenvalue weighted by atomic mass is 35.5.